The lowest BCUT2D eigenvalue weighted by atomic mass is 10.1. The van der Waals surface area contributed by atoms with Gasteiger partial charge in [0.15, 0.2) is 12.4 Å². The second-order valence-corrected chi connectivity index (χ2v) is 7.80. The zero-order valence-corrected chi connectivity index (χ0v) is 17.2. The summed E-state index contributed by atoms with van der Waals surface area (Å²) >= 11 is 1.40. The van der Waals surface area contributed by atoms with Gasteiger partial charge in [0.2, 0.25) is 0 Å². The molecular weight excluding hydrogens is 453 g/mol. The van der Waals surface area contributed by atoms with Gasteiger partial charge in [-0.1, -0.05) is 0 Å². The minimum absolute atomic E-state index is 0.0692. The van der Waals surface area contributed by atoms with E-state index in [0.29, 0.717) is 11.4 Å². The van der Waals surface area contributed by atoms with Crippen LogP contribution in [0.5, 0.6) is 5.75 Å². The molecule has 2 aromatic rings. The topological polar surface area (TPSA) is 111 Å². The second-order valence-electron chi connectivity index (χ2n) is 6.66. The van der Waals surface area contributed by atoms with Gasteiger partial charge >= 0.3 is 18.1 Å². The largest absolute Gasteiger partial charge is 0.491 e. The second kappa shape index (κ2) is 9.92. The van der Waals surface area contributed by atoms with Gasteiger partial charge in [-0.05, 0) is 42.3 Å². The number of esters is 2. The van der Waals surface area contributed by atoms with Gasteiger partial charge in [-0.3, -0.25) is 9.59 Å². The van der Waals surface area contributed by atoms with Crippen molar-refractivity contribution in [2.24, 2.45) is 0 Å². The maximum Gasteiger partial charge on any atom is 0.491 e. The summed E-state index contributed by atoms with van der Waals surface area (Å²) < 4.78 is 44.6. The van der Waals surface area contributed by atoms with Crippen molar-refractivity contribution in [3.05, 3.63) is 51.2 Å². The van der Waals surface area contributed by atoms with Crippen LogP contribution >= 0.6 is 11.3 Å². The fourth-order valence-electron chi connectivity index (χ4n) is 2.78. The van der Waals surface area contributed by atoms with Crippen LogP contribution in [0.25, 0.3) is 0 Å². The average Bonchev–Trinajstić information content (AvgIpc) is 3.20. The first-order valence-electron chi connectivity index (χ1n) is 9.32. The summed E-state index contributed by atoms with van der Waals surface area (Å²) in [4.78, 5) is 48.1. The molecule has 3 rings (SSSR count). The van der Waals surface area contributed by atoms with E-state index >= 15 is 0 Å². The lowest BCUT2D eigenvalue weighted by molar-refractivity contribution is -0.202. The molecule has 2 heterocycles. The van der Waals surface area contributed by atoms with Crippen molar-refractivity contribution in [1.82, 2.24) is 10.6 Å². The summed E-state index contributed by atoms with van der Waals surface area (Å²) in [5.41, 5.74) is 1.34. The van der Waals surface area contributed by atoms with Gasteiger partial charge in [-0.2, -0.15) is 13.2 Å². The SMILES string of the molecule is O=C(COc1ccc(C(=O)CNC(=O)c2cc3c(s2)CCNC3)cc1)OC(=O)C(F)(F)F. The van der Waals surface area contributed by atoms with Crippen molar-refractivity contribution in [3.63, 3.8) is 0 Å². The summed E-state index contributed by atoms with van der Waals surface area (Å²) in [6, 6.07) is 7.17. The molecule has 8 nitrogen and oxygen atoms in total. The molecule has 0 bridgehead atoms. The highest BCUT2D eigenvalue weighted by Crippen LogP contribution is 2.25. The van der Waals surface area contributed by atoms with Crippen LogP contribution in [0.15, 0.2) is 30.3 Å². The Balaban J connectivity index is 1.46. The molecule has 1 aliphatic rings. The van der Waals surface area contributed by atoms with Crippen LogP contribution in [0.1, 0.15) is 30.5 Å². The number of rotatable bonds is 7. The van der Waals surface area contributed by atoms with Crippen LogP contribution in [-0.4, -0.2) is 49.5 Å². The van der Waals surface area contributed by atoms with Gasteiger partial charge < -0.3 is 20.1 Å². The third kappa shape index (κ3) is 6.14. The highest BCUT2D eigenvalue weighted by molar-refractivity contribution is 7.14. The summed E-state index contributed by atoms with van der Waals surface area (Å²) in [5.74, 6) is -4.79. The van der Waals surface area contributed by atoms with Gasteiger partial charge in [0.05, 0.1) is 11.4 Å². The number of Topliss-reactive ketones (excluding diaryl/α,β-unsaturated/α-hetero) is 1. The molecule has 0 atom stereocenters. The molecule has 0 unspecified atom stereocenters. The van der Waals surface area contributed by atoms with Crippen molar-refractivity contribution >= 4 is 35.0 Å². The number of carbonyl (C=O) groups excluding carboxylic acids is 4. The van der Waals surface area contributed by atoms with Crippen molar-refractivity contribution in [3.8, 4) is 5.75 Å². The first-order valence-corrected chi connectivity index (χ1v) is 10.1. The number of halogens is 3. The van der Waals surface area contributed by atoms with E-state index in [9.17, 15) is 32.3 Å². The van der Waals surface area contributed by atoms with E-state index in [1.807, 2.05) is 6.07 Å². The molecule has 1 aliphatic heterocycles. The highest BCUT2D eigenvalue weighted by atomic mass is 32.1. The molecule has 1 amide bonds. The Hall–Kier alpha value is -3.25. The lowest BCUT2D eigenvalue weighted by Crippen LogP contribution is -2.30. The molecule has 2 N–H and O–H groups in total. The minimum Gasteiger partial charge on any atom is -0.482 e. The Labute approximate surface area is 183 Å². The Morgan fingerprint density at radius 3 is 2.50 bits per heavy atom. The smallest absolute Gasteiger partial charge is 0.482 e. The Bertz CT molecular complexity index is 1010. The number of carbonyl (C=O) groups is 4. The molecule has 0 spiro atoms. The number of hydrogen-bond donors (Lipinski definition) is 2. The van der Waals surface area contributed by atoms with E-state index in [-0.39, 0.29) is 29.5 Å². The first kappa shape index (κ1) is 23.4. The number of fused-ring (bicyclic) bond motifs is 1. The Morgan fingerprint density at radius 1 is 1.12 bits per heavy atom. The number of nitrogens with one attached hydrogen (secondary N) is 2. The quantitative estimate of drug-likeness (QED) is 0.362. The van der Waals surface area contributed by atoms with Gasteiger partial charge in [-0.25, -0.2) is 9.59 Å². The van der Waals surface area contributed by atoms with Gasteiger partial charge in [-0.15, -0.1) is 11.3 Å². The normalized spacial score (nSPS) is 13.1. The van der Waals surface area contributed by atoms with Crippen molar-refractivity contribution in [1.29, 1.82) is 0 Å². The van der Waals surface area contributed by atoms with E-state index in [4.69, 9.17) is 4.74 Å². The molecule has 0 saturated carbocycles. The van der Waals surface area contributed by atoms with Gasteiger partial charge in [0, 0.05) is 23.5 Å². The fraction of sp³-hybridized carbons (Fsp3) is 0.300. The number of ether oxygens (including phenoxy) is 2. The molecular formula is C20H17F3N2O6S. The van der Waals surface area contributed by atoms with Crippen LogP contribution < -0.4 is 15.4 Å². The monoisotopic (exact) mass is 470 g/mol. The summed E-state index contributed by atoms with van der Waals surface area (Å²) in [7, 11) is 0. The van der Waals surface area contributed by atoms with Crippen LogP contribution in [0.2, 0.25) is 0 Å². The molecule has 1 aromatic carbocycles. The van der Waals surface area contributed by atoms with Crippen LogP contribution in [0.4, 0.5) is 13.2 Å². The predicted molar refractivity (Wildman–Crippen MR) is 105 cm³/mol. The zero-order chi connectivity index (χ0) is 23.3. The summed E-state index contributed by atoms with van der Waals surface area (Å²) in [6.45, 7) is 0.416. The van der Waals surface area contributed by atoms with E-state index in [0.717, 1.165) is 23.4 Å². The molecule has 170 valence electrons. The number of amides is 1. The number of alkyl halides is 3. The predicted octanol–water partition coefficient (Wildman–Crippen LogP) is 2.02. The van der Waals surface area contributed by atoms with E-state index in [2.05, 4.69) is 15.4 Å². The van der Waals surface area contributed by atoms with Crippen LogP contribution in [-0.2, 0) is 27.3 Å². The minimum atomic E-state index is -5.28. The van der Waals surface area contributed by atoms with Crippen molar-refractivity contribution < 1.29 is 41.8 Å². The average molecular weight is 470 g/mol. The maximum absolute atomic E-state index is 12.3. The molecule has 0 saturated heterocycles. The molecule has 0 aliphatic carbocycles. The zero-order valence-electron chi connectivity index (χ0n) is 16.4. The molecule has 0 radical (unpaired) electrons. The van der Waals surface area contributed by atoms with E-state index < -0.39 is 24.7 Å². The van der Waals surface area contributed by atoms with Gasteiger partial charge in [0.1, 0.15) is 5.75 Å². The van der Waals surface area contributed by atoms with E-state index in [1.54, 1.807) is 0 Å². The molecule has 0 fully saturated rings. The molecule has 1 aromatic heterocycles. The molecule has 32 heavy (non-hydrogen) atoms. The van der Waals surface area contributed by atoms with Crippen molar-refractivity contribution in [2.45, 2.75) is 19.1 Å². The number of ketones is 1. The Morgan fingerprint density at radius 2 is 1.84 bits per heavy atom. The Kier molecular flexibility index (Phi) is 7.26. The fourth-order valence-corrected chi connectivity index (χ4v) is 3.88. The number of benzene rings is 1. The lowest BCUT2D eigenvalue weighted by Gasteiger charge is -2.10. The van der Waals surface area contributed by atoms with Crippen LogP contribution in [0.3, 0.4) is 0 Å². The van der Waals surface area contributed by atoms with E-state index in [1.165, 1.54) is 35.6 Å². The van der Waals surface area contributed by atoms with Crippen LogP contribution in [0, 0.1) is 0 Å². The summed E-state index contributed by atoms with van der Waals surface area (Å²) in [5, 5.41) is 5.80. The third-order valence-electron chi connectivity index (χ3n) is 4.35. The number of thiophene rings is 1. The summed E-state index contributed by atoms with van der Waals surface area (Å²) in [6.07, 6.45) is -4.43. The number of hydrogen-bond acceptors (Lipinski definition) is 8. The third-order valence-corrected chi connectivity index (χ3v) is 5.58. The maximum atomic E-state index is 12.3. The van der Waals surface area contributed by atoms with Crippen molar-refractivity contribution in [2.75, 3.05) is 19.7 Å². The first-order chi connectivity index (χ1) is 15.1. The standard InChI is InChI=1S/C20H17F3N2O6S/c21-20(22,23)19(29)31-17(27)10-30-13-3-1-11(2-4-13)14(26)9-25-18(28)16-7-12-8-24-6-5-15(12)32-16/h1-4,7,24H,5-6,8-10H2,(H,25,28). The molecule has 12 heteroatoms. The highest BCUT2D eigenvalue weighted by Gasteiger charge is 2.42. The van der Waals surface area contributed by atoms with Gasteiger partial charge in [0.25, 0.3) is 5.91 Å².